The summed E-state index contributed by atoms with van der Waals surface area (Å²) in [6, 6.07) is 5.77. The molecule has 0 radical (unpaired) electrons. The fraction of sp³-hybridized carbons (Fsp3) is 0.429. The molecule has 20 heavy (non-hydrogen) atoms. The first-order chi connectivity index (χ1) is 8.84. The Kier molecular flexibility index (Phi) is 10.1. The molecule has 1 aromatic heterocycles. The lowest BCUT2D eigenvalue weighted by Crippen LogP contribution is -2.29. The summed E-state index contributed by atoms with van der Waals surface area (Å²) < 4.78 is 0. The van der Waals surface area contributed by atoms with Gasteiger partial charge < -0.3 is 10.6 Å². The Bertz CT molecular complexity index is 424. The van der Waals surface area contributed by atoms with Crippen LogP contribution in [0.1, 0.15) is 18.5 Å². The van der Waals surface area contributed by atoms with E-state index in [-0.39, 0.29) is 30.7 Å². The molecular formula is C14H21Cl2N3O. The van der Waals surface area contributed by atoms with Gasteiger partial charge in [-0.3, -0.25) is 9.78 Å². The number of rotatable bonds is 5. The molecule has 0 bridgehead atoms. The van der Waals surface area contributed by atoms with E-state index < -0.39 is 0 Å². The Morgan fingerprint density at radius 3 is 2.85 bits per heavy atom. The average molecular weight is 318 g/mol. The molecule has 2 rings (SSSR count). The number of hydrogen-bond acceptors (Lipinski definition) is 3. The second-order valence-corrected chi connectivity index (χ2v) is 4.41. The van der Waals surface area contributed by atoms with Crippen molar-refractivity contribution in [3.63, 3.8) is 0 Å². The molecule has 0 atom stereocenters. The second-order valence-electron chi connectivity index (χ2n) is 4.41. The van der Waals surface area contributed by atoms with Crippen molar-refractivity contribution in [3.05, 3.63) is 41.7 Å². The molecule has 0 fully saturated rings. The average Bonchev–Trinajstić information content (AvgIpc) is 2.45. The Balaban J connectivity index is 0.00000180. The molecule has 1 aliphatic rings. The van der Waals surface area contributed by atoms with Crippen LogP contribution >= 0.6 is 24.8 Å². The van der Waals surface area contributed by atoms with Gasteiger partial charge in [0, 0.05) is 31.4 Å². The Labute approximate surface area is 132 Å². The first-order valence-corrected chi connectivity index (χ1v) is 6.40. The molecule has 0 aliphatic carbocycles. The fourth-order valence-corrected chi connectivity index (χ4v) is 1.92. The molecule has 112 valence electrons. The van der Waals surface area contributed by atoms with E-state index in [4.69, 9.17) is 0 Å². The minimum atomic E-state index is 0. The van der Waals surface area contributed by atoms with Crippen LogP contribution in [0.3, 0.4) is 0 Å². The third kappa shape index (κ3) is 6.89. The van der Waals surface area contributed by atoms with Gasteiger partial charge in [0.15, 0.2) is 0 Å². The van der Waals surface area contributed by atoms with Crippen molar-refractivity contribution in [1.29, 1.82) is 0 Å². The third-order valence-electron chi connectivity index (χ3n) is 3.00. The zero-order valence-electron chi connectivity index (χ0n) is 11.3. The smallest absolute Gasteiger partial charge is 0.220 e. The lowest BCUT2D eigenvalue weighted by molar-refractivity contribution is -0.120. The van der Waals surface area contributed by atoms with E-state index >= 15 is 0 Å². The molecule has 0 aromatic carbocycles. The SMILES string of the molecule is Cl.Cl.O=C(CCc1ccccn1)NCC1=CCNCC1. The van der Waals surface area contributed by atoms with Crippen LogP contribution in [-0.4, -0.2) is 30.5 Å². The maximum atomic E-state index is 11.7. The summed E-state index contributed by atoms with van der Waals surface area (Å²) in [5.41, 5.74) is 2.29. The van der Waals surface area contributed by atoms with Crippen molar-refractivity contribution >= 4 is 30.7 Å². The first kappa shape index (κ1) is 18.9. The summed E-state index contributed by atoms with van der Waals surface area (Å²) in [7, 11) is 0. The maximum absolute atomic E-state index is 11.7. The molecule has 4 nitrogen and oxygen atoms in total. The summed E-state index contributed by atoms with van der Waals surface area (Å²) in [4.78, 5) is 15.9. The number of nitrogens with zero attached hydrogens (tertiary/aromatic N) is 1. The van der Waals surface area contributed by atoms with Gasteiger partial charge in [-0.2, -0.15) is 0 Å². The van der Waals surface area contributed by atoms with Crippen molar-refractivity contribution in [2.24, 2.45) is 0 Å². The topological polar surface area (TPSA) is 54.0 Å². The van der Waals surface area contributed by atoms with Gasteiger partial charge in [0.1, 0.15) is 0 Å². The maximum Gasteiger partial charge on any atom is 0.220 e. The van der Waals surface area contributed by atoms with Gasteiger partial charge in [0.2, 0.25) is 5.91 Å². The number of nitrogens with one attached hydrogen (secondary N) is 2. The number of aryl methyl sites for hydroxylation is 1. The molecular weight excluding hydrogens is 297 g/mol. The van der Waals surface area contributed by atoms with Crippen molar-refractivity contribution in [1.82, 2.24) is 15.6 Å². The van der Waals surface area contributed by atoms with E-state index in [9.17, 15) is 4.79 Å². The monoisotopic (exact) mass is 317 g/mol. The highest BCUT2D eigenvalue weighted by Gasteiger charge is 2.06. The minimum Gasteiger partial charge on any atom is -0.352 e. The first-order valence-electron chi connectivity index (χ1n) is 6.40. The van der Waals surface area contributed by atoms with E-state index in [0.717, 1.165) is 25.2 Å². The van der Waals surface area contributed by atoms with Crippen LogP contribution in [0, 0.1) is 0 Å². The zero-order chi connectivity index (χ0) is 12.6. The van der Waals surface area contributed by atoms with Gasteiger partial charge in [0.05, 0.1) is 0 Å². The van der Waals surface area contributed by atoms with Gasteiger partial charge in [-0.15, -0.1) is 24.8 Å². The van der Waals surface area contributed by atoms with Crippen molar-refractivity contribution in [3.8, 4) is 0 Å². The zero-order valence-corrected chi connectivity index (χ0v) is 12.9. The fourth-order valence-electron chi connectivity index (χ4n) is 1.92. The van der Waals surface area contributed by atoms with Gasteiger partial charge in [-0.25, -0.2) is 0 Å². The summed E-state index contributed by atoms with van der Waals surface area (Å²) >= 11 is 0. The lowest BCUT2D eigenvalue weighted by atomic mass is 10.1. The summed E-state index contributed by atoms with van der Waals surface area (Å²) in [6.07, 6.45) is 6.14. The van der Waals surface area contributed by atoms with Crippen molar-refractivity contribution in [2.75, 3.05) is 19.6 Å². The van der Waals surface area contributed by atoms with E-state index in [0.29, 0.717) is 19.4 Å². The van der Waals surface area contributed by atoms with Crippen LogP contribution in [0.2, 0.25) is 0 Å². The molecule has 2 N–H and O–H groups in total. The van der Waals surface area contributed by atoms with E-state index in [1.807, 2.05) is 18.2 Å². The van der Waals surface area contributed by atoms with Gasteiger partial charge in [-0.1, -0.05) is 17.7 Å². The molecule has 0 unspecified atom stereocenters. The van der Waals surface area contributed by atoms with E-state index in [1.165, 1.54) is 5.57 Å². The minimum absolute atomic E-state index is 0. The van der Waals surface area contributed by atoms with Gasteiger partial charge in [-0.05, 0) is 31.5 Å². The number of amides is 1. The quantitative estimate of drug-likeness (QED) is 0.815. The van der Waals surface area contributed by atoms with Crippen molar-refractivity contribution < 1.29 is 4.79 Å². The molecule has 2 heterocycles. The predicted octanol–water partition coefficient (Wildman–Crippen LogP) is 1.89. The van der Waals surface area contributed by atoms with Gasteiger partial charge in [0.25, 0.3) is 0 Å². The molecule has 0 saturated carbocycles. The third-order valence-corrected chi connectivity index (χ3v) is 3.00. The highest BCUT2D eigenvalue weighted by atomic mass is 35.5. The van der Waals surface area contributed by atoms with E-state index in [1.54, 1.807) is 6.20 Å². The number of aromatic nitrogens is 1. The standard InChI is InChI=1S/C14H19N3O.2ClH/c18-14(5-4-13-3-1-2-8-16-13)17-11-12-6-9-15-10-7-12;;/h1-3,6,8,15H,4-5,7,9-11H2,(H,17,18);2*1H. The second kappa shape index (κ2) is 10.7. The molecule has 1 aliphatic heterocycles. The highest BCUT2D eigenvalue weighted by Crippen LogP contribution is 2.03. The number of hydrogen-bond donors (Lipinski definition) is 2. The Morgan fingerprint density at radius 2 is 2.20 bits per heavy atom. The van der Waals surface area contributed by atoms with E-state index in [2.05, 4.69) is 21.7 Å². The Morgan fingerprint density at radius 1 is 1.35 bits per heavy atom. The van der Waals surface area contributed by atoms with Crippen LogP contribution in [0.5, 0.6) is 0 Å². The van der Waals surface area contributed by atoms with Crippen LogP contribution in [0.25, 0.3) is 0 Å². The number of pyridine rings is 1. The van der Waals surface area contributed by atoms with Crippen LogP contribution in [0.15, 0.2) is 36.0 Å². The molecule has 1 aromatic rings. The van der Waals surface area contributed by atoms with Crippen LogP contribution in [0.4, 0.5) is 0 Å². The van der Waals surface area contributed by atoms with Crippen molar-refractivity contribution in [2.45, 2.75) is 19.3 Å². The summed E-state index contributed by atoms with van der Waals surface area (Å²) in [5, 5.41) is 6.21. The number of carbonyl (C=O) groups is 1. The summed E-state index contributed by atoms with van der Waals surface area (Å²) in [6.45, 7) is 2.61. The lowest BCUT2D eigenvalue weighted by Gasteiger charge is -2.14. The largest absolute Gasteiger partial charge is 0.352 e. The Hall–Kier alpha value is -1.10. The highest BCUT2D eigenvalue weighted by molar-refractivity contribution is 5.85. The predicted molar refractivity (Wildman–Crippen MR) is 85.6 cm³/mol. The molecule has 6 heteroatoms. The molecule has 0 spiro atoms. The van der Waals surface area contributed by atoms with Crippen LogP contribution in [-0.2, 0) is 11.2 Å². The number of halogens is 2. The van der Waals surface area contributed by atoms with Crippen LogP contribution < -0.4 is 10.6 Å². The molecule has 1 amide bonds. The summed E-state index contributed by atoms with van der Waals surface area (Å²) in [5.74, 6) is 0.0973. The molecule has 0 saturated heterocycles. The number of carbonyl (C=O) groups excluding carboxylic acids is 1. The normalized spacial score (nSPS) is 13.5. The van der Waals surface area contributed by atoms with Gasteiger partial charge >= 0.3 is 0 Å².